The largest absolute Gasteiger partial charge is 1.00 e. The van der Waals surface area contributed by atoms with Crippen LogP contribution < -0.4 is 29.2 Å². The molecule has 18 heavy (non-hydrogen) atoms. The van der Waals surface area contributed by atoms with Crippen molar-refractivity contribution >= 4 is 41.6 Å². The van der Waals surface area contributed by atoms with Gasteiger partial charge in [-0.2, -0.15) is 0 Å². The molecule has 0 spiro atoms. The van der Waals surface area contributed by atoms with E-state index in [0.29, 0.717) is 4.46 Å². The van der Waals surface area contributed by atoms with Crippen LogP contribution in [0.3, 0.4) is 0 Å². The summed E-state index contributed by atoms with van der Waals surface area (Å²) in [6, 6.07) is 20.5. The van der Waals surface area contributed by atoms with Crippen molar-refractivity contribution in [1.82, 2.24) is 0 Å². The average molecular weight is 287 g/mol. The van der Waals surface area contributed by atoms with Crippen LogP contribution in [0.2, 0.25) is 6.55 Å². The maximum absolute atomic E-state index is 6.20. The summed E-state index contributed by atoms with van der Waals surface area (Å²) in [5, 5.41) is 2.46. The Morgan fingerprint density at radius 1 is 0.778 bits per heavy atom. The summed E-state index contributed by atoms with van der Waals surface area (Å²) in [4.78, 5) is 0. The predicted octanol–water partition coefficient (Wildman–Crippen LogP) is 0.390. The quantitative estimate of drug-likeness (QED) is 0.566. The molecule has 0 saturated carbocycles. The molecule has 2 aromatic carbocycles. The third-order valence-electron chi connectivity index (χ3n) is 3.08. The fraction of sp³-hybridized carbons (Fsp3) is 0.0714. The molecule has 0 nitrogen and oxygen atoms in total. The molecular formula is C14H13Cl2LiSi. The summed E-state index contributed by atoms with van der Waals surface area (Å²) in [6.07, 6.45) is 0. The predicted molar refractivity (Wildman–Crippen MR) is 78.7 cm³/mol. The first kappa shape index (κ1) is 15.9. The van der Waals surface area contributed by atoms with Crippen molar-refractivity contribution in [2.45, 2.75) is 6.55 Å². The van der Waals surface area contributed by atoms with Crippen LogP contribution in [-0.2, 0) is 0 Å². The fourth-order valence-electron chi connectivity index (χ4n) is 1.93. The number of rotatable bonds is 3. The van der Waals surface area contributed by atoms with Crippen molar-refractivity contribution in [3.63, 3.8) is 0 Å². The minimum atomic E-state index is -2.13. The molecule has 0 heterocycles. The van der Waals surface area contributed by atoms with Crippen LogP contribution in [0.15, 0.2) is 60.7 Å². The Kier molecular flexibility index (Phi) is 6.04. The molecule has 88 valence electrons. The third-order valence-corrected chi connectivity index (χ3v) is 9.08. The van der Waals surface area contributed by atoms with Gasteiger partial charge in [0.15, 0.2) is 0 Å². The van der Waals surface area contributed by atoms with Gasteiger partial charge in [0.05, 0.1) is 0 Å². The molecule has 0 aliphatic heterocycles. The molecule has 4 heteroatoms. The second-order valence-electron chi connectivity index (χ2n) is 4.12. The Hall–Kier alpha value is -0.166. The summed E-state index contributed by atoms with van der Waals surface area (Å²) in [5.74, 6) is 0. The van der Waals surface area contributed by atoms with Gasteiger partial charge in [-0.15, -0.1) is 4.46 Å². The maximum Gasteiger partial charge on any atom is 1.00 e. The van der Waals surface area contributed by atoms with E-state index in [9.17, 15) is 0 Å². The van der Waals surface area contributed by atoms with Gasteiger partial charge in [0, 0.05) is 8.07 Å². The van der Waals surface area contributed by atoms with E-state index in [-0.39, 0.29) is 18.9 Å². The first-order valence-corrected chi connectivity index (χ1v) is 8.71. The van der Waals surface area contributed by atoms with Crippen LogP contribution in [-0.4, -0.2) is 8.07 Å². The molecule has 0 N–H and O–H groups in total. The smallest absolute Gasteiger partial charge is 0.330 e. The molecule has 0 bridgehead atoms. The second kappa shape index (κ2) is 6.84. The van der Waals surface area contributed by atoms with E-state index in [2.05, 4.69) is 30.8 Å². The number of hydrogen-bond donors (Lipinski definition) is 0. The van der Waals surface area contributed by atoms with Gasteiger partial charge >= 0.3 is 18.9 Å². The van der Waals surface area contributed by atoms with E-state index in [1.165, 1.54) is 10.4 Å². The summed E-state index contributed by atoms with van der Waals surface area (Å²) in [6.45, 7) is 2.17. The van der Waals surface area contributed by atoms with E-state index in [4.69, 9.17) is 23.2 Å². The van der Waals surface area contributed by atoms with Gasteiger partial charge in [0.2, 0.25) is 0 Å². The second-order valence-corrected chi connectivity index (χ2v) is 9.61. The van der Waals surface area contributed by atoms with Crippen molar-refractivity contribution in [2.75, 3.05) is 0 Å². The molecule has 0 radical (unpaired) electrons. The molecule has 0 atom stereocenters. The zero-order chi connectivity index (χ0) is 12.3. The van der Waals surface area contributed by atoms with Crippen molar-refractivity contribution in [3.05, 3.63) is 65.1 Å². The Bertz CT molecular complexity index is 434. The zero-order valence-electron chi connectivity index (χ0n) is 10.5. The summed E-state index contributed by atoms with van der Waals surface area (Å²) in [7, 11) is -2.13. The van der Waals surface area contributed by atoms with Crippen molar-refractivity contribution in [2.24, 2.45) is 0 Å². The normalized spacial score (nSPS) is 11.1. The number of hydrogen-bond acceptors (Lipinski definition) is 0. The zero-order valence-corrected chi connectivity index (χ0v) is 13.0. The molecule has 2 rings (SSSR count). The van der Waals surface area contributed by atoms with Crippen LogP contribution >= 0.6 is 23.2 Å². The van der Waals surface area contributed by atoms with E-state index < -0.39 is 8.07 Å². The van der Waals surface area contributed by atoms with Crippen LogP contribution in [0.1, 0.15) is 0 Å². The first-order chi connectivity index (χ1) is 8.15. The fourth-order valence-corrected chi connectivity index (χ4v) is 5.73. The van der Waals surface area contributed by atoms with Crippen molar-refractivity contribution in [3.8, 4) is 0 Å². The van der Waals surface area contributed by atoms with Gasteiger partial charge < -0.3 is 23.2 Å². The Balaban J connectivity index is 0.00000162. The minimum absolute atomic E-state index is 0. The maximum atomic E-state index is 6.20. The topological polar surface area (TPSA) is 0 Å². The van der Waals surface area contributed by atoms with Crippen LogP contribution in [0.5, 0.6) is 0 Å². The summed E-state index contributed by atoms with van der Waals surface area (Å²) < 4.78 is 0.495. The van der Waals surface area contributed by atoms with Crippen LogP contribution in [0, 0.1) is 4.46 Å². The van der Waals surface area contributed by atoms with Gasteiger partial charge in [0.25, 0.3) is 0 Å². The van der Waals surface area contributed by atoms with E-state index in [1.54, 1.807) is 0 Å². The average Bonchev–Trinajstić information content (AvgIpc) is 2.39. The Labute approximate surface area is 132 Å². The molecule has 0 saturated heterocycles. The molecule has 0 unspecified atom stereocenters. The van der Waals surface area contributed by atoms with Gasteiger partial charge in [-0.05, 0) is 0 Å². The van der Waals surface area contributed by atoms with E-state index >= 15 is 0 Å². The molecule has 0 amide bonds. The number of benzene rings is 2. The molecule has 2 aromatic rings. The Morgan fingerprint density at radius 2 is 1.11 bits per heavy atom. The van der Waals surface area contributed by atoms with E-state index in [1.807, 2.05) is 36.4 Å². The van der Waals surface area contributed by atoms with Crippen LogP contribution in [0.25, 0.3) is 0 Å². The third kappa shape index (κ3) is 3.04. The van der Waals surface area contributed by atoms with Gasteiger partial charge in [-0.1, -0.05) is 77.6 Å². The van der Waals surface area contributed by atoms with E-state index in [0.717, 1.165) is 0 Å². The number of halogens is 2. The van der Waals surface area contributed by atoms with Gasteiger partial charge in [-0.25, -0.2) is 0 Å². The van der Waals surface area contributed by atoms with Crippen molar-refractivity contribution in [1.29, 1.82) is 0 Å². The summed E-state index contributed by atoms with van der Waals surface area (Å²) >= 11 is 12.4. The summed E-state index contributed by atoms with van der Waals surface area (Å²) in [5.41, 5.74) is 0. The molecule has 0 fully saturated rings. The van der Waals surface area contributed by atoms with Gasteiger partial charge in [0.1, 0.15) is 0 Å². The standard InChI is InChI=1S/C14H13Cl2Si.Li/c1-17(14(15)16,12-8-4-2-5-9-12)13-10-6-3-7-11-13;/h2-11H,1H3;/q-1;+1. The molecular weight excluding hydrogens is 274 g/mol. The first-order valence-electron chi connectivity index (χ1n) is 5.45. The van der Waals surface area contributed by atoms with Gasteiger partial charge in [-0.3, -0.25) is 0 Å². The Morgan fingerprint density at radius 3 is 1.39 bits per heavy atom. The molecule has 0 aliphatic rings. The van der Waals surface area contributed by atoms with Crippen molar-refractivity contribution < 1.29 is 18.9 Å². The molecule has 0 aromatic heterocycles. The van der Waals surface area contributed by atoms with Crippen LogP contribution in [0.4, 0.5) is 0 Å². The SMILES string of the molecule is C[Si](c1ccccc1)(c1ccccc1)[C-](Cl)Cl.[Li+]. The molecule has 0 aliphatic carbocycles. The monoisotopic (exact) mass is 286 g/mol. The minimum Gasteiger partial charge on any atom is -0.330 e.